The molecule has 1 saturated heterocycles. The summed E-state index contributed by atoms with van der Waals surface area (Å²) in [5, 5.41) is 9.77. The lowest BCUT2D eigenvalue weighted by Crippen LogP contribution is -2.49. The summed E-state index contributed by atoms with van der Waals surface area (Å²) in [5.41, 5.74) is 4.13. The summed E-state index contributed by atoms with van der Waals surface area (Å²) in [7, 11) is 1.57. The number of halogens is 1. The molecule has 0 spiro atoms. The Bertz CT molecular complexity index is 1280. The third-order valence-corrected chi connectivity index (χ3v) is 6.82. The standard InChI is InChI=1S/C29H28BrN3O3/c1-21-8-10-22(11-9-21)20-36-28-18-26(30)23(17-27(28)35-2)16-24(19-31)29(34)33-14-12-32(13-15-33)25-6-4-3-5-7-25/h3-11,16-18H,12-15,20H2,1-2H3/b24-16-. The number of benzene rings is 3. The molecule has 0 N–H and O–H groups in total. The number of rotatable bonds is 7. The van der Waals surface area contributed by atoms with E-state index in [2.05, 4.69) is 39.0 Å². The molecule has 0 unspecified atom stereocenters. The van der Waals surface area contributed by atoms with Gasteiger partial charge in [0.2, 0.25) is 0 Å². The fourth-order valence-electron chi connectivity index (χ4n) is 4.05. The summed E-state index contributed by atoms with van der Waals surface area (Å²) in [6.07, 6.45) is 1.60. The van der Waals surface area contributed by atoms with Crippen molar-refractivity contribution >= 4 is 33.6 Å². The minimum atomic E-state index is -0.268. The Balaban J connectivity index is 1.46. The number of para-hydroxylation sites is 1. The van der Waals surface area contributed by atoms with E-state index in [1.54, 1.807) is 30.2 Å². The molecular formula is C29H28BrN3O3. The van der Waals surface area contributed by atoms with Crippen LogP contribution in [0.4, 0.5) is 5.69 Å². The van der Waals surface area contributed by atoms with E-state index >= 15 is 0 Å². The molecule has 0 saturated carbocycles. The number of hydrogen-bond donors (Lipinski definition) is 0. The number of amides is 1. The van der Waals surface area contributed by atoms with E-state index in [0.29, 0.717) is 41.2 Å². The minimum Gasteiger partial charge on any atom is -0.493 e. The van der Waals surface area contributed by atoms with Gasteiger partial charge in [-0.15, -0.1) is 0 Å². The number of hydrogen-bond acceptors (Lipinski definition) is 5. The van der Waals surface area contributed by atoms with Gasteiger partial charge in [-0.05, 0) is 48.4 Å². The Morgan fingerprint density at radius 2 is 1.72 bits per heavy atom. The van der Waals surface area contributed by atoms with Crippen LogP contribution in [0.15, 0.2) is 76.8 Å². The highest BCUT2D eigenvalue weighted by Gasteiger charge is 2.24. The Labute approximate surface area is 220 Å². The van der Waals surface area contributed by atoms with Crippen molar-refractivity contribution in [3.05, 3.63) is 93.5 Å². The van der Waals surface area contributed by atoms with Gasteiger partial charge in [0.05, 0.1) is 7.11 Å². The van der Waals surface area contributed by atoms with Gasteiger partial charge in [0.25, 0.3) is 5.91 Å². The molecule has 3 aromatic rings. The number of methoxy groups -OCH3 is 1. The van der Waals surface area contributed by atoms with Crippen molar-refractivity contribution in [1.29, 1.82) is 5.26 Å². The zero-order chi connectivity index (χ0) is 25.5. The van der Waals surface area contributed by atoms with Gasteiger partial charge in [-0.1, -0.05) is 64.0 Å². The van der Waals surface area contributed by atoms with Crippen molar-refractivity contribution in [2.45, 2.75) is 13.5 Å². The number of piperazine rings is 1. The van der Waals surface area contributed by atoms with E-state index in [0.717, 1.165) is 24.3 Å². The molecule has 0 aliphatic carbocycles. The van der Waals surface area contributed by atoms with Crippen LogP contribution in [-0.2, 0) is 11.4 Å². The smallest absolute Gasteiger partial charge is 0.264 e. The highest BCUT2D eigenvalue weighted by Crippen LogP contribution is 2.35. The zero-order valence-corrected chi connectivity index (χ0v) is 22.0. The van der Waals surface area contributed by atoms with Crippen LogP contribution in [0.2, 0.25) is 0 Å². The monoisotopic (exact) mass is 545 g/mol. The first-order chi connectivity index (χ1) is 17.5. The Kier molecular flexibility index (Phi) is 8.29. The van der Waals surface area contributed by atoms with Gasteiger partial charge in [0.1, 0.15) is 18.2 Å². The predicted octanol–water partition coefficient (Wildman–Crippen LogP) is 5.60. The van der Waals surface area contributed by atoms with Crippen LogP contribution in [0.1, 0.15) is 16.7 Å². The lowest BCUT2D eigenvalue weighted by Gasteiger charge is -2.36. The fourth-order valence-corrected chi connectivity index (χ4v) is 4.49. The van der Waals surface area contributed by atoms with Crippen LogP contribution in [0, 0.1) is 18.3 Å². The van der Waals surface area contributed by atoms with E-state index in [1.165, 1.54) is 5.56 Å². The summed E-state index contributed by atoms with van der Waals surface area (Å²) in [4.78, 5) is 17.1. The van der Waals surface area contributed by atoms with Gasteiger partial charge in [0, 0.05) is 36.3 Å². The molecule has 4 rings (SSSR count). The number of carbonyl (C=O) groups is 1. The number of anilines is 1. The van der Waals surface area contributed by atoms with Crippen molar-refractivity contribution < 1.29 is 14.3 Å². The van der Waals surface area contributed by atoms with Crippen LogP contribution in [0.25, 0.3) is 6.08 Å². The second kappa shape index (κ2) is 11.8. The van der Waals surface area contributed by atoms with Crippen molar-refractivity contribution in [2.24, 2.45) is 0 Å². The number of nitrogens with zero attached hydrogens (tertiary/aromatic N) is 3. The van der Waals surface area contributed by atoms with Gasteiger partial charge in [-0.3, -0.25) is 4.79 Å². The average molecular weight is 546 g/mol. The molecule has 3 aromatic carbocycles. The fraction of sp³-hybridized carbons (Fsp3) is 0.241. The van der Waals surface area contributed by atoms with E-state index in [4.69, 9.17) is 9.47 Å². The topological polar surface area (TPSA) is 65.8 Å². The third-order valence-electron chi connectivity index (χ3n) is 6.14. The maximum absolute atomic E-state index is 13.1. The van der Waals surface area contributed by atoms with E-state index in [1.807, 2.05) is 49.4 Å². The molecule has 1 aliphatic rings. The van der Waals surface area contributed by atoms with Crippen molar-refractivity contribution in [2.75, 3.05) is 38.2 Å². The zero-order valence-electron chi connectivity index (χ0n) is 20.4. The first-order valence-electron chi connectivity index (χ1n) is 11.8. The Morgan fingerprint density at radius 3 is 2.36 bits per heavy atom. The first-order valence-corrected chi connectivity index (χ1v) is 12.5. The minimum absolute atomic E-state index is 0.0826. The predicted molar refractivity (Wildman–Crippen MR) is 145 cm³/mol. The summed E-state index contributed by atoms with van der Waals surface area (Å²) in [6.45, 7) is 5.00. The van der Waals surface area contributed by atoms with Crippen LogP contribution < -0.4 is 14.4 Å². The van der Waals surface area contributed by atoms with Crippen LogP contribution in [0.3, 0.4) is 0 Å². The van der Waals surface area contributed by atoms with E-state index < -0.39 is 0 Å². The SMILES string of the molecule is COc1cc(/C=C(/C#N)C(=O)N2CCN(c3ccccc3)CC2)c(Br)cc1OCc1ccc(C)cc1. The molecule has 7 heteroatoms. The first kappa shape index (κ1) is 25.3. The Hall–Kier alpha value is -3.76. The van der Waals surface area contributed by atoms with E-state index in [-0.39, 0.29) is 11.5 Å². The lowest BCUT2D eigenvalue weighted by atomic mass is 10.1. The van der Waals surface area contributed by atoms with Gasteiger partial charge in [0.15, 0.2) is 11.5 Å². The molecule has 0 atom stereocenters. The van der Waals surface area contributed by atoms with Gasteiger partial charge >= 0.3 is 0 Å². The average Bonchev–Trinajstić information content (AvgIpc) is 2.92. The third kappa shape index (κ3) is 6.07. The number of nitriles is 1. The Morgan fingerprint density at radius 1 is 1.03 bits per heavy atom. The summed E-state index contributed by atoms with van der Waals surface area (Å²) in [6, 6.07) is 23.9. The molecular weight excluding hydrogens is 518 g/mol. The largest absolute Gasteiger partial charge is 0.493 e. The summed E-state index contributed by atoms with van der Waals surface area (Å²) >= 11 is 3.56. The molecule has 1 amide bonds. The molecule has 0 radical (unpaired) electrons. The second-order valence-corrected chi connectivity index (χ2v) is 9.44. The quantitative estimate of drug-likeness (QED) is 0.285. The van der Waals surface area contributed by atoms with Gasteiger partial charge in [-0.25, -0.2) is 0 Å². The number of ether oxygens (including phenoxy) is 2. The molecule has 0 bridgehead atoms. The highest BCUT2D eigenvalue weighted by molar-refractivity contribution is 9.10. The molecule has 184 valence electrons. The van der Waals surface area contributed by atoms with Crippen LogP contribution >= 0.6 is 15.9 Å². The molecule has 6 nitrogen and oxygen atoms in total. The van der Waals surface area contributed by atoms with E-state index in [9.17, 15) is 10.1 Å². The van der Waals surface area contributed by atoms with Crippen molar-refractivity contribution in [3.63, 3.8) is 0 Å². The van der Waals surface area contributed by atoms with Crippen LogP contribution in [0.5, 0.6) is 11.5 Å². The molecule has 1 fully saturated rings. The number of aryl methyl sites for hydroxylation is 1. The molecule has 0 aromatic heterocycles. The normalized spacial score (nSPS) is 13.8. The molecule has 1 heterocycles. The maximum atomic E-state index is 13.1. The van der Waals surface area contributed by atoms with Gasteiger partial charge in [-0.2, -0.15) is 5.26 Å². The maximum Gasteiger partial charge on any atom is 0.264 e. The number of carbonyl (C=O) groups excluding carboxylic acids is 1. The second-order valence-electron chi connectivity index (χ2n) is 8.58. The van der Waals surface area contributed by atoms with Gasteiger partial charge < -0.3 is 19.3 Å². The highest BCUT2D eigenvalue weighted by atomic mass is 79.9. The van der Waals surface area contributed by atoms with Crippen LogP contribution in [-0.4, -0.2) is 44.1 Å². The summed E-state index contributed by atoms with van der Waals surface area (Å²) < 4.78 is 12.2. The van der Waals surface area contributed by atoms with Crippen molar-refractivity contribution in [3.8, 4) is 17.6 Å². The lowest BCUT2D eigenvalue weighted by molar-refractivity contribution is -0.126. The summed E-state index contributed by atoms with van der Waals surface area (Å²) in [5.74, 6) is 0.831. The molecule has 1 aliphatic heterocycles. The molecule has 36 heavy (non-hydrogen) atoms. The van der Waals surface area contributed by atoms with Crippen molar-refractivity contribution in [1.82, 2.24) is 4.90 Å².